The minimum Gasteiger partial charge on any atom is -0.469 e. The van der Waals surface area contributed by atoms with Crippen molar-refractivity contribution >= 4 is 17.7 Å². The lowest BCUT2D eigenvalue weighted by Crippen LogP contribution is -2.16. The van der Waals surface area contributed by atoms with E-state index in [9.17, 15) is 0 Å². The van der Waals surface area contributed by atoms with Crippen LogP contribution in [0, 0.1) is 16.7 Å². The molecule has 0 spiro atoms. The van der Waals surface area contributed by atoms with Crippen LogP contribution in [0.25, 0.3) is 0 Å². The molecule has 1 unspecified atom stereocenters. The average Bonchev–Trinajstić information content (AvgIpc) is 3.12. The number of hydrogen-bond donors (Lipinski definition) is 2. The van der Waals surface area contributed by atoms with Gasteiger partial charge >= 0.3 is 0 Å². The SMILES string of the molecule is Cn1cc(Nc2nc(OC3CCCc4cc(C#N)ccc43)ccc2C=N)cn1. The number of rotatable bonds is 5. The van der Waals surface area contributed by atoms with Crippen LogP contribution in [0.3, 0.4) is 0 Å². The second-order valence-corrected chi connectivity index (χ2v) is 6.78. The molecule has 0 saturated heterocycles. The molecule has 28 heavy (non-hydrogen) atoms. The fourth-order valence-corrected chi connectivity index (χ4v) is 3.46. The van der Waals surface area contributed by atoms with Gasteiger partial charge in [-0.15, -0.1) is 0 Å². The number of benzene rings is 1. The van der Waals surface area contributed by atoms with E-state index in [2.05, 4.69) is 21.5 Å². The summed E-state index contributed by atoms with van der Waals surface area (Å²) in [6.07, 6.45) is 7.57. The summed E-state index contributed by atoms with van der Waals surface area (Å²) in [5.41, 5.74) is 4.42. The lowest BCUT2D eigenvalue weighted by molar-refractivity contribution is 0.176. The molecule has 140 valence electrons. The molecule has 7 nitrogen and oxygen atoms in total. The zero-order valence-corrected chi connectivity index (χ0v) is 15.5. The lowest BCUT2D eigenvalue weighted by atomic mass is 9.88. The van der Waals surface area contributed by atoms with Crippen molar-refractivity contribution in [2.45, 2.75) is 25.4 Å². The predicted octanol–water partition coefficient (Wildman–Crippen LogP) is 3.88. The van der Waals surface area contributed by atoms with Crippen LogP contribution in [-0.2, 0) is 13.5 Å². The lowest BCUT2D eigenvalue weighted by Gasteiger charge is -2.26. The van der Waals surface area contributed by atoms with Gasteiger partial charge in [-0.3, -0.25) is 4.68 Å². The summed E-state index contributed by atoms with van der Waals surface area (Å²) in [6, 6.07) is 11.6. The molecular formula is C21H20N6O. The molecule has 0 aliphatic heterocycles. The van der Waals surface area contributed by atoms with E-state index in [0.717, 1.165) is 30.5 Å². The molecule has 0 saturated carbocycles. The van der Waals surface area contributed by atoms with Crippen molar-refractivity contribution in [2.24, 2.45) is 7.05 Å². The third kappa shape index (κ3) is 3.58. The van der Waals surface area contributed by atoms with Crippen molar-refractivity contribution in [3.63, 3.8) is 0 Å². The highest BCUT2D eigenvalue weighted by molar-refractivity contribution is 5.85. The Bertz CT molecular complexity index is 1060. The van der Waals surface area contributed by atoms with Gasteiger partial charge in [-0.05, 0) is 48.6 Å². The van der Waals surface area contributed by atoms with Gasteiger partial charge in [0, 0.05) is 31.1 Å². The number of nitrogens with zero attached hydrogens (tertiary/aromatic N) is 4. The molecule has 1 aliphatic rings. The first kappa shape index (κ1) is 17.7. The first-order chi connectivity index (χ1) is 13.7. The van der Waals surface area contributed by atoms with Gasteiger partial charge in [0.2, 0.25) is 5.88 Å². The van der Waals surface area contributed by atoms with Gasteiger partial charge in [0.25, 0.3) is 0 Å². The fraction of sp³-hybridized carbons (Fsp3) is 0.238. The van der Waals surface area contributed by atoms with E-state index in [1.165, 1.54) is 11.8 Å². The van der Waals surface area contributed by atoms with Crippen LogP contribution in [0.5, 0.6) is 5.88 Å². The van der Waals surface area contributed by atoms with Crippen LogP contribution in [0.15, 0.2) is 42.7 Å². The van der Waals surface area contributed by atoms with Gasteiger partial charge in [-0.25, -0.2) is 0 Å². The third-order valence-corrected chi connectivity index (χ3v) is 4.82. The van der Waals surface area contributed by atoms with Gasteiger partial charge in [0.15, 0.2) is 0 Å². The van der Waals surface area contributed by atoms with E-state index in [1.807, 2.05) is 37.5 Å². The highest BCUT2D eigenvalue weighted by Crippen LogP contribution is 2.34. The molecular weight excluding hydrogens is 352 g/mol. The standard InChI is InChI=1S/C21H20N6O/c1-27-13-17(12-24-27)25-21-16(11-23)6-8-20(26-21)28-19-4-2-3-15-9-14(10-22)5-7-18(15)19/h5-9,11-13,19,23H,2-4H2,1H3,(H,25,26). The van der Waals surface area contributed by atoms with Crippen LogP contribution in [0.2, 0.25) is 0 Å². The maximum atomic E-state index is 9.12. The molecule has 1 aliphatic carbocycles. The summed E-state index contributed by atoms with van der Waals surface area (Å²) in [7, 11) is 1.84. The third-order valence-electron chi connectivity index (χ3n) is 4.82. The highest BCUT2D eigenvalue weighted by Gasteiger charge is 2.23. The van der Waals surface area contributed by atoms with Crippen molar-refractivity contribution in [2.75, 3.05) is 5.32 Å². The summed E-state index contributed by atoms with van der Waals surface area (Å²) in [4.78, 5) is 4.57. The van der Waals surface area contributed by atoms with E-state index in [4.69, 9.17) is 15.4 Å². The van der Waals surface area contributed by atoms with Gasteiger partial charge in [-0.1, -0.05) is 6.07 Å². The van der Waals surface area contributed by atoms with Crippen molar-refractivity contribution in [1.82, 2.24) is 14.8 Å². The molecule has 3 aromatic rings. The topological polar surface area (TPSA) is 99.6 Å². The smallest absolute Gasteiger partial charge is 0.215 e. The number of pyridine rings is 1. The molecule has 1 atom stereocenters. The largest absolute Gasteiger partial charge is 0.469 e. The highest BCUT2D eigenvalue weighted by atomic mass is 16.5. The average molecular weight is 372 g/mol. The molecule has 0 amide bonds. The van der Waals surface area contributed by atoms with E-state index < -0.39 is 0 Å². The van der Waals surface area contributed by atoms with E-state index >= 15 is 0 Å². The molecule has 0 radical (unpaired) electrons. The van der Waals surface area contributed by atoms with Crippen LogP contribution >= 0.6 is 0 Å². The Labute approximate surface area is 163 Å². The Kier molecular flexibility index (Phi) is 4.77. The zero-order chi connectivity index (χ0) is 19.5. The summed E-state index contributed by atoms with van der Waals surface area (Å²) in [5, 5.41) is 24.1. The second kappa shape index (κ2) is 7.53. The normalized spacial score (nSPS) is 15.4. The minimum atomic E-state index is -0.0962. The van der Waals surface area contributed by atoms with Gasteiger partial charge in [0.1, 0.15) is 11.9 Å². The van der Waals surface area contributed by atoms with Crippen LogP contribution in [-0.4, -0.2) is 21.0 Å². The van der Waals surface area contributed by atoms with E-state index in [-0.39, 0.29) is 6.10 Å². The number of aryl methyl sites for hydroxylation is 2. The monoisotopic (exact) mass is 372 g/mol. The van der Waals surface area contributed by atoms with Gasteiger partial charge in [0.05, 0.1) is 23.5 Å². The van der Waals surface area contributed by atoms with Crippen molar-refractivity contribution < 1.29 is 4.74 Å². The minimum absolute atomic E-state index is 0.0962. The number of ether oxygens (including phenoxy) is 1. The van der Waals surface area contributed by atoms with Crippen LogP contribution < -0.4 is 10.1 Å². The molecule has 2 aromatic heterocycles. The Morgan fingerprint density at radius 1 is 1.36 bits per heavy atom. The number of anilines is 2. The number of nitrogens with one attached hydrogen (secondary N) is 2. The Hall–Kier alpha value is -3.66. The quantitative estimate of drug-likeness (QED) is 0.662. The first-order valence-corrected chi connectivity index (χ1v) is 9.13. The maximum absolute atomic E-state index is 9.12. The van der Waals surface area contributed by atoms with Gasteiger partial charge in [-0.2, -0.15) is 15.3 Å². The summed E-state index contributed by atoms with van der Waals surface area (Å²) in [5.74, 6) is 1.05. The fourth-order valence-electron chi connectivity index (χ4n) is 3.46. The Morgan fingerprint density at radius 2 is 2.25 bits per heavy atom. The molecule has 2 N–H and O–H groups in total. The number of hydrogen-bond acceptors (Lipinski definition) is 6. The molecule has 4 rings (SSSR count). The van der Waals surface area contributed by atoms with Crippen LogP contribution in [0.1, 0.15) is 41.2 Å². The molecule has 0 fully saturated rings. The molecule has 2 heterocycles. The molecule has 7 heteroatoms. The maximum Gasteiger partial charge on any atom is 0.215 e. The van der Waals surface area contributed by atoms with E-state index in [1.54, 1.807) is 16.9 Å². The zero-order valence-electron chi connectivity index (χ0n) is 15.5. The number of nitriles is 1. The first-order valence-electron chi connectivity index (χ1n) is 9.13. The summed E-state index contributed by atoms with van der Waals surface area (Å²) >= 11 is 0. The second-order valence-electron chi connectivity index (χ2n) is 6.78. The Morgan fingerprint density at radius 3 is 3.00 bits per heavy atom. The Balaban J connectivity index is 1.60. The van der Waals surface area contributed by atoms with Gasteiger partial charge < -0.3 is 15.5 Å². The molecule has 0 bridgehead atoms. The van der Waals surface area contributed by atoms with Crippen LogP contribution in [0.4, 0.5) is 11.5 Å². The predicted molar refractivity (Wildman–Crippen MR) is 106 cm³/mol. The van der Waals surface area contributed by atoms with Crippen molar-refractivity contribution in [1.29, 1.82) is 10.7 Å². The molecule has 1 aromatic carbocycles. The van der Waals surface area contributed by atoms with Crippen molar-refractivity contribution in [3.8, 4) is 11.9 Å². The van der Waals surface area contributed by atoms with Crippen molar-refractivity contribution in [3.05, 3.63) is 65.0 Å². The summed E-state index contributed by atoms with van der Waals surface area (Å²) in [6.45, 7) is 0. The number of fused-ring (bicyclic) bond motifs is 1. The van der Waals surface area contributed by atoms with E-state index in [0.29, 0.717) is 22.8 Å². The number of aromatic nitrogens is 3. The summed E-state index contributed by atoms with van der Waals surface area (Å²) < 4.78 is 7.90.